The smallest absolute Gasteiger partial charge is 0.222 e. The van der Waals surface area contributed by atoms with Gasteiger partial charge in [-0.05, 0) is 56.8 Å². The number of hydrogen-bond acceptors (Lipinski definition) is 3. The summed E-state index contributed by atoms with van der Waals surface area (Å²) in [4.78, 5) is 14.7. The average molecular weight is 321 g/mol. The van der Waals surface area contributed by atoms with Crippen molar-refractivity contribution in [1.29, 1.82) is 0 Å². The van der Waals surface area contributed by atoms with Crippen molar-refractivity contribution in [1.82, 2.24) is 4.90 Å². The summed E-state index contributed by atoms with van der Waals surface area (Å²) < 4.78 is 5.81. The molecule has 1 N–H and O–H groups in total. The van der Waals surface area contributed by atoms with Crippen LogP contribution in [0.3, 0.4) is 0 Å². The highest BCUT2D eigenvalue weighted by molar-refractivity contribution is 5.76. The quantitative estimate of drug-likeness (QED) is 0.866. The van der Waals surface area contributed by atoms with Crippen molar-refractivity contribution in [2.24, 2.45) is 23.2 Å². The number of hydrogen-bond donors (Lipinski definition) is 1. The molecule has 1 amide bonds. The molecule has 1 saturated heterocycles. The van der Waals surface area contributed by atoms with Gasteiger partial charge in [-0.3, -0.25) is 4.79 Å². The first-order chi connectivity index (χ1) is 11.1. The molecule has 1 heterocycles. The summed E-state index contributed by atoms with van der Waals surface area (Å²) in [7, 11) is 0. The summed E-state index contributed by atoms with van der Waals surface area (Å²) in [5.74, 6) is 2.76. The minimum atomic E-state index is -0.234. The van der Waals surface area contributed by atoms with E-state index in [1.807, 2.05) is 6.92 Å². The van der Waals surface area contributed by atoms with Crippen LogP contribution in [0.1, 0.15) is 58.3 Å². The SMILES string of the molecule is CCOC1CC(O)C12CCN(C(=O)CC1CC3CCC1C3)CC2. The summed E-state index contributed by atoms with van der Waals surface area (Å²) in [5.41, 5.74) is -0.0702. The van der Waals surface area contributed by atoms with Crippen molar-refractivity contribution >= 4 is 5.91 Å². The molecule has 23 heavy (non-hydrogen) atoms. The van der Waals surface area contributed by atoms with Crippen LogP contribution in [0.5, 0.6) is 0 Å². The average Bonchev–Trinajstić information content (AvgIpc) is 3.17. The van der Waals surface area contributed by atoms with Gasteiger partial charge in [-0.15, -0.1) is 0 Å². The van der Waals surface area contributed by atoms with Crippen LogP contribution in [0.4, 0.5) is 0 Å². The molecule has 5 unspecified atom stereocenters. The standard InChI is InChI=1S/C19H31NO3/c1-2-23-17-12-16(21)19(17)5-7-20(8-6-19)18(22)11-15-10-13-3-4-14(15)9-13/h13-17,21H,2-12H2,1H3. The molecule has 2 bridgehead atoms. The summed E-state index contributed by atoms with van der Waals surface area (Å²) >= 11 is 0. The van der Waals surface area contributed by atoms with Gasteiger partial charge in [-0.1, -0.05) is 6.42 Å². The monoisotopic (exact) mass is 321 g/mol. The Hall–Kier alpha value is -0.610. The van der Waals surface area contributed by atoms with Crippen LogP contribution < -0.4 is 0 Å². The molecule has 4 heteroatoms. The van der Waals surface area contributed by atoms with Gasteiger partial charge in [0, 0.05) is 38.0 Å². The highest BCUT2D eigenvalue weighted by Crippen LogP contribution is 2.52. The second-order valence-corrected chi connectivity index (χ2v) is 8.45. The number of aliphatic hydroxyl groups excluding tert-OH is 1. The molecule has 4 fully saturated rings. The number of nitrogens with zero attached hydrogens (tertiary/aromatic N) is 1. The fraction of sp³-hybridized carbons (Fsp3) is 0.947. The molecule has 0 aromatic rings. The number of carbonyl (C=O) groups excluding carboxylic acids is 1. The van der Waals surface area contributed by atoms with Crippen molar-refractivity contribution < 1.29 is 14.6 Å². The van der Waals surface area contributed by atoms with Gasteiger partial charge >= 0.3 is 0 Å². The molecule has 1 spiro atoms. The Morgan fingerprint density at radius 3 is 2.57 bits per heavy atom. The fourth-order valence-corrected chi connectivity index (χ4v) is 5.97. The number of carbonyl (C=O) groups is 1. The Balaban J connectivity index is 1.30. The van der Waals surface area contributed by atoms with E-state index >= 15 is 0 Å². The number of ether oxygens (including phenoxy) is 1. The maximum absolute atomic E-state index is 12.7. The second kappa shape index (κ2) is 6.03. The highest BCUT2D eigenvalue weighted by atomic mass is 16.5. The maximum atomic E-state index is 12.7. The highest BCUT2D eigenvalue weighted by Gasteiger charge is 2.56. The van der Waals surface area contributed by atoms with Gasteiger partial charge in [-0.2, -0.15) is 0 Å². The van der Waals surface area contributed by atoms with Crippen LogP contribution in [0.15, 0.2) is 0 Å². The number of piperidine rings is 1. The van der Waals surface area contributed by atoms with Crippen LogP contribution in [0.2, 0.25) is 0 Å². The molecule has 130 valence electrons. The van der Waals surface area contributed by atoms with E-state index in [0.717, 1.165) is 50.6 Å². The molecular weight excluding hydrogens is 290 g/mol. The third kappa shape index (κ3) is 2.62. The lowest BCUT2D eigenvalue weighted by molar-refractivity contribution is -0.210. The zero-order chi connectivity index (χ0) is 16.0. The Morgan fingerprint density at radius 1 is 1.22 bits per heavy atom. The minimum Gasteiger partial charge on any atom is -0.392 e. The molecule has 4 rings (SSSR count). The lowest BCUT2D eigenvalue weighted by Crippen LogP contribution is -2.62. The van der Waals surface area contributed by atoms with Crippen LogP contribution in [0.25, 0.3) is 0 Å². The molecule has 5 atom stereocenters. The Kier molecular flexibility index (Phi) is 4.17. The maximum Gasteiger partial charge on any atom is 0.222 e. The molecule has 3 saturated carbocycles. The largest absolute Gasteiger partial charge is 0.392 e. The summed E-state index contributed by atoms with van der Waals surface area (Å²) in [5, 5.41) is 10.3. The molecule has 0 aromatic carbocycles. The molecule has 3 aliphatic carbocycles. The second-order valence-electron chi connectivity index (χ2n) is 8.45. The Labute approximate surface area is 139 Å². The van der Waals surface area contributed by atoms with Gasteiger partial charge < -0.3 is 14.7 Å². The lowest BCUT2D eigenvalue weighted by atomic mass is 9.58. The van der Waals surface area contributed by atoms with Gasteiger partial charge in [-0.25, -0.2) is 0 Å². The first-order valence-corrected chi connectivity index (χ1v) is 9.70. The zero-order valence-corrected chi connectivity index (χ0v) is 14.4. The summed E-state index contributed by atoms with van der Waals surface area (Å²) in [6.07, 6.45) is 8.74. The van der Waals surface area contributed by atoms with Crippen LogP contribution in [-0.2, 0) is 9.53 Å². The molecular formula is C19H31NO3. The van der Waals surface area contributed by atoms with Crippen molar-refractivity contribution in [2.75, 3.05) is 19.7 Å². The minimum absolute atomic E-state index is 0.0702. The number of fused-ring (bicyclic) bond motifs is 2. The molecule has 1 aliphatic heterocycles. The Bertz CT molecular complexity index is 456. The van der Waals surface area contributed by atoms with Gasteiger partial charge in [0.05, 0.1) is 12.2 Å². The van der Waals surface area contributed by atoms with Crippen molar-refractivity contribution in [2.45, 2.75) is 70.5 Å². The third-order valence-corrected chi connectivity index (χ3v) is 7.48. The van der Waals surface area contributed by atoms with E-state index in [4.69, 9.17) is 4.74 Å². The number of rotatable bonds is 4. The van der Waals surface area contributed by atoms with E-state index in [-0.39, 0.29) is 17.6 Å². The van der Waals surface area contributed by atoms with Crippen LogP contribution >= 0.6 is 0 Å². The molecule has 4 nitrogen and oxygen atoms in total. The lowest BCUT2D eigenvalue weighted by Gasteiger charge is -2.56. The van der Waals surface area contributed by atoms with Crippen molar-refractivity contribution in [3.05, 3.63) is 0 Å². The number of likely N-dealkylation sites (tertiary alicyclic amines) is 1. The molecule has 0 radical (unpaired) electrons. The molecule has 4 aliphatic rings. The first kappa shape index (κ1) is 15.9. The van der Waals surface area contributed by atoms with Crippen molar-refractivity contribution in [3.8, 4) is 0 Å². The summed E-state index contributed by atoms with van der Waals surface area (Å²) in [6.45, 7) is 4.35. The van der Waals surface area contributed by atoms with E-state index < -0.39 is 0 Å². The van der Waals surface area contributed by atoms with Gasteiger partial charge in [0.1, 0.15) is 0 Å². The van der Waals surface area contributed by atoms with Crippen molar-refractivity contribution in [3.63, 3.8) is 0 Å². The van der Waals surface area contributed by atoms with E-state index in [0.29, 0.717) is 18.4 Å². The fourth-order valence-electron chi connectivity index (χ4n) is 5.97. The number of amides is 1. The first-order valence-electron chi connectivity index (χ1n) is 9.70. The van der Waals surface area contributed by atoms with E-state index in [1.165, 1.54) is 25.7 Å². The van der Waals surface area contributed by atoms with Gasteiger partial charge in [0.25, 0.3) is 0 Å². The predicted molar refractivity (Wildman–Crippen MR) is 87.8 cm³/mol. The summed E-state index contributed by atoms with van der Waals surface area (Å²) in [6, 6.07) is 0. The van der Waals surface area contributed by atoms with E-state index in [2.05, 4.69) is 4.90 Å². The van der Waals surface area contributed by atoms with E-state index in [9.17, 15) is 9.90 Å². The van der Waals surface area contributed by atoms with Crippen LogP contribution in [-0.4, -0.2) is 47.8 Å². The van der Waals surface area contributed by atoms with E-state index in [1.54, 1.807) is 0 Å². The topological polar surface area (TPSA) is 49.8 Å². The zero-order valence-electron chi connectivity index (χ0n) is 14.4. The predicted octanol–water partition coefficient (Wildman–Crippen LogP) is 2.59. The van der Waals surface area contributed by atoms with Gasteiger partial charge in [0.2, 0.25) is 5.91 Å². The van der Waals surface area contributed by atoms with Crippen LogP contribution in [0, 0.1) is 23.2 Å². The Morgan fingerprint density at radius 2 is 2.00 bits per heavy atom. The number of aliphatic hydroxyl groups is 1. The molecule has 0 aromatic heterocycles. The van der Waals surface area contributed by atoms with Gasteiger partial charge in [0.15, 0.2) is 0 Å². The third-order valence-electron chi connectivity index (χ3n) is 7.48. The normalized spacial score (nSPS) is 41.3.